The zero-order valence-electron chi connectivity index (χ0n) is 8.52. The lowest BCUT2D eigenvalue weighted by molar-refractivity contribution is -0.137. The molecule has 0 fully saturated rings. The summed E-state index contributed by atoms with van der Waals surface area (Å²) in [5.41, 5.74) is 0.542. The number of aromatic amines is 1. The Labute approximate surface area is 89.7 Å². The van der Waals surface area contributed by atoms with Crippen molar-refractivity contribution in [3.05, 3.63) is 29.5 Å². The highest BCUT2D eigenvalue weighted by Gasteiger charge is 2.30. The Morgan fingerprint density at radius 1 is 1.38 bits per heavy atom. The Hall–Kier alpha value is -1.56. The Balaban J connectivity index is 2.54. The van der Waals surface area contributed by atoms with Crippen LogP contribution < -0.4 is 5.32 Å². The fourth-order valence-corrected chi connectivity index (χ4v) is 1.55. The number of aromatic nitrogens is 2. The molecule has 0 amide bonds. The van der Waals surface area contributed by atoms with Gasteiger partial charge >= 0.3 is 6.18 Å². The second-order valence-corrected chi connectivity index (χ2v) is 3.46. The maximum absolute atomic E-state index is 12.5. The summed E-state index contributed by atoms with van der Waals surface area (Å²) in [6, 6.07) is 3.52. The van der Waals surface area contributed by atoms with Gasteiger partial charge in [0, 0.05) is 11.9 Å². The van der Waals surface area contributed by atoms with E-state index in [0.717, 1.165) is 12.1 Å². The molecule has 2 N–H and O–H groups in total. The van der Waals surface area contributed by atoms with E-state index in [-0.39, 0.29) is 0 Å². The van der Waals surface area contributed by atoms with Crippen LogP contribution in [0.3, 0.4) is 0 Å². The van der Waals surface area contributed by atoms with Crippen LogP contribution in [0.5, 0.6) is 0 Å². The number of alkyl halides is 3. The molecule has 0 atom stereocenters. The summed E-state index contributed by atoms with van der Waals surface area (Å²) in [6.45, 7) is 0.456. The third-order valence-electron chi connectivity index (χ3n) is 2.31. The first kappa shape index (κ1) is 10.9. The molecule has 1 heterocycles. The molecule has 0 aliphatic heterocycles. The maximum Gasteiger partial charge on any atom is 0.416 e. The zero-order valence-corrected chi connectivity index (χ0v) is 8.52. The molecule has 1 aromatic carbocycles. The van der Waals surface area contributed by atoms with Gasteiger partial charge in [0.2, 0.25) is 0 Å². The van der Waals surface area contributed by atoms with Crippen molar-refractivity contribution < 1.29 is 13.2 Å². The van der Waals surface area contributed by atoms with Crippen molar-refractivity contribution in [1.82, 2.24) is 15.5 Å². The minimum absolute atomic E-state index is 0.456. The predicted octanol–water partition coefficient (Wildman–Crippen LogP) is 2.30. The van der Waals surface area contributed by atoms with Gasteiger partial charge < -0.3 is 5.32 Å². The van der Waals surface area contributed by atoms with Crippen LogP contribution in [0.2, 0.25) is 0 Å². The summed E-state index contributed by atoms with van der Waals surface area (Å²) >= 11 is 0. The van der Waals surface area contributed by atoms with Gasteiger partial charge in [-0.3, -0.25) is 5.10 Å². The van der Waals surface area contributed by atoms with Gasteiger partial charge in [-0.1, -0.05) is 0 Å². The monoisotopic (exact) mass is 229 g/mol. The smallest absolute Gasteiger partial charge is 0.314 e. The number of H-pyrrole nitrogens is 1. The third kappa shape index (κ3) is 1.88. The highest BCUT2D eigenvalue weighted by atomic mass is 19.4. The highest BCUT2D eigenvalue weighted by molar-refractivity contribution is 5.82. The van der Waals surface area contributed by atoms with Gasteiger partial charge in [-0.15, -0.1) is 0 Å². The first-order valence-electron chi connectivity index (χ1n) is 4.71. The van der Waals surface area contributed by atoms with Gasteiger partial charge in [-0.05, 0) is 25.2 Å². The molecule has 0 bridgehead atoms. The zero-order chi connectivity index (χ0) is 11.8. The number of halogens is 3. The molecule has 0 spiro atoms. The van der Waals surface area contributed by atoms with Crippen LogP contribution in [0.4, 0.5) is 13.2 Å². The summed E-state index contributed by atoms with van der Waals surface area (Å²) in [5, 5.41) is 10.0. The SMILES string of the molecule is CNCc1[nH]nc2ccc(C(F)(F)F)cc12. The highest BCUT2D eigenvalue weighted by Crippen LogP contribution is 2.31. The average molecular weight is 229 g/mol. The van der Waals surface area contributed by atoms with Gasteiger partial charge in [0.25, 0.3) is 0 Å². The van der Waals surface area contributed by atoms with Crippen molar-refractivity contribution in [1.29, 1.82) is 0 Å². The van der Waals surface area contributed by atoms with E-state index in [1.54, 1.807) is 7.05 Å². The topological polar surface area (TPSA) is 40.7 Å². The summed E-state index contributed by atoms with van der Waals surface area (Å²) < 4.78 is 37.5. The average Bonchev–Trinajstić information content (AvgIpc) is 2.60. The number of nitrogens with zero attached hydrogens (tertiary/aromatic N) is 1. The van der Waals surface area contributed by atoms with Crippen LogP contribution in [0.15, 0.2) is 18.2 Å². The van der Waals surface area contributed by atoms with Crippen LogP contribution >= 0.6 is 0 Å². The largest absolute Gasteiger partial charge is 0.416 e. The van der Waals surface area contributed by atoms with Crippen LogP contribution in [0.1, 0.15) is 11.3 Å². The summed E-state index contributed by atoms with van der Waals surface area (Å²) in [6.07, 6.45) is -4.32. The molecule has 0 aliphatic carbocycles. The molecular formula is C10H10F3N3. The number of fused-ring (bicyclic) bond motifs is 1. The summed E-state index contributed by atoms with van der Waals surface area (Å²) in [4.78, 5) is 0. The first-order valence-corrected chi connectivity index (χ1v) is 4.71. The quantitative estimate of drug-likeness (QED) is 0.829. The molecule has 0 unspecified atom stereocenters. The van der Waals surface area contributed by atoms with E-state index >= 15 is 0 Å². The van der Waals surface area contributed by atoms with E-state index in [9.17, 15) is 13.2 Å². The first-order chi connectivity index (χ1) is 7.52. The molecule has 6 heteroatoms. The standard InChI is InChI=1S/C10H10F3N3/c1-14-5-9-7-4-6(10(11,12)13)2-3-8(7)15-16-9/h2-4,14H,5H2,1H3,(H,15,16). The van der Waals surface area contributed by atoms with Crippen LogP contribution in [-0.2, 0) is 12.7 Å². The molecular weight excluding hydrogens is 219 g/mol. The molecule has 0 saturated heterocycles. The normalized spacial score (nSPS) is 12.2. The Morgan fingerprint density at radius 2 is 2.12 bits per heavy atom. The number of hydrogen-bond acceptors (Lipinski definition) is 2. The van der Waals surface area contributed by atoms with E-state index in [1.807, 2.05) is 0 Å². The van der Waals surface area contributed by atoms with Crippen LogP contribution in [0.25, 0.3) is 10.9 Å². The van der Waals surface area contributed by atoms with Crippen molar-refractivity contribution in [2.45, 2.75) is 12.7 Å². The molecule has 0 radical (unpaired) electrons. The summed E-state index contributed by atoms with van der Waals surface area (Å²) in [5.74, 6) is 0. The third-order valence-corrected chi connectivity index (χ3v) is 2.31. The lowest BCUT2D eigenvalue weighted by Crippen LogP contribution is -2.07. The van der Waals surface area contributed by atoms with E-state index in [0.29, 0.717) is 23.1 Å². The molecule has 3 nitrogen and oxygen atoms in total. The molecule has 2 aromatic rings. The van der Waals surface area contributed by atoms with Crippen molar-refractivity contribution in [2.24, 2.45) is 0 Å². The van der Waals surface area contributed by atoms with E-state index in [2.05, 4.69) is 15.5 Å². The summed E-state index contributed by atoms with van der Waals surface area (Å²) in [7, 11) is 1.72. The molecule has 0 aliphatic rings. The Kier molecular flexibility index (Phi) is 2.59. The number of rotatable bonds is 2. The van der Waals surface area contributed by atoms with E-state index < -0.39 is 11.7 Å². The van der Waals surface area contributed by atoms with E-state index in [1.165, 1.54) is 6.07 Å². The van der Waals surface area contributed by atoms with Crippen LogP contribution in [0, 0.1) is 0 Å². The number of benzene rings is 1. The maximum atomic E-state index is 12.5. The van der Waals surface area contributed by atoms with Gasteiger partial charge in [-0.25, -0.2) is 0 Å². The van der Waals surface area contributed by atoms with Crippen molar-refractivity contribution in [2.75, 3.05) is 7.05 Å². The number of nitrogens with one attached hydrogen (secondary N) is 2. The minimum Gasteiger partial charge on any atom is -0.314 e. The molecule has 1 aromatic heterocycles. The fourth-order valence-electron chi connectivity index (χ4n) is 1.55. The second-order valence-electron chi connectivity index (χ2n) is 3.46. The van der Waals surface area contributed by atoms with Crippen molar-refractivity contribution >= 4 is 10.9 Å². The minimum atomic E-state index is -4.32. The molecule has 0 saturated carbocycles. The van der Waals surface area contributed by atoms with Gasteiger partial charge in [0.15, 0.2) is 0 Å². The molecule has 86 valence electrons. The van der Waals surface area contributed by atoms with Crippen LogP contribution in [-0.4, -0.2) is 17.2 Å². The van der Waals surface area contributed by atoms with E-state index in [4.69, 9.17) is 0 Å². The predicted molar refractivity (Wildman–Crippen MR) is 53.9 cm³/mol. The lowest BCUT2D eigenvalue weighted by Gasteiger charge is -2.06. The molecule has 2 rings (SSSR count). The van der Waals surface area contributed by atoms with Crippen molar-refractivity contribution in [3.63, 3.8) is 0 Å². The second kappa shape index (κ2) is 3.79. The van der Waals surface area contributed by atoms with Crippen molar-refractivity contribution in [3.8, 4) is 0 Å². The van der Waals surface area contributed by atoms with Gasteiger partial charge in [0.05, 0.1) is 16.8 Å². The fraction of sp³-hybridized carbons (Fsp3) is 0.300. The van der Waals surface area contributed by atoms with Gasteiger partial charge in [-0.2, -0.15) is 18.3 Å². The number of hydrogen-bond donors (Lipinski definition) is 2. The Bertz CT molecular complexity index is 501. The Morgan fingerprint density at radius 3 is 2.75 bits per heavy atom. The molecule has 16 heavy (non-hydrogen) atoms. The van der Waals surface area contributed by atoms with Gasteiger partial charge in [0.1, 0.15) is 0 Å². The lowest BCUT2D eigenvalue weighted by atomic mass is 10.1.